The predicted octanol–water partition coefficient (Wildman–Crippen LogP) is 0.672. The van der Waals surface area contributed by atoms with Gasteiger partial charge in [0.2, 0.25) is 0 Å². The highest BCUT2D eigenvalue weighted by atomic mass is 16.2. The average Bonchev–Trinajstić information content (AvgIpc) is 2.61. The number of nitrogens with zero attached hydrogens (tertiary/aromatic N) is 2. The SMILES string of the molecule is CCCNC(=O)NCCc1ccn(C)n1. The number of aromatic nitrogens is 2. The van der Waals surface area contributed by atoms with E-state index < -0.39 is 0 Å². The molecule has 0 bridgehead atoms. The molecule has 0 spiro atoms. The van der Waals surface area contributed by atoms with Crippen molar-refractivity contribution in [2.24, 2.45) is 7.05 Å². The standard InChI is InChI=1S/C10H18N4O/c1-3-6-11-10(15)12-7-4-9-5-8-14(2)13-9/h5,8H,3-4,6-7H2,1-2H3,(H2,11,12,15). The van der Waals surface area contributed by atoms with E-state index in [0.717, 1.165) is 25.1 Å². The highest BCUT2D eigenvalue weighted by Gasteiger charge is 1.99. The maximum Gasteiger partial charge on any atom is 0.314 e. The molecule has 1 aromatic rings. The van der Waals surface area contributed by atoms with Gasteiger partial charge >= 0.3 is 6.03 Å². The van der Waals surface area contributed by atoms with Crippen molar-refractivity contribution in [3.05, 3.63) is 18.0 Å². The van der Waals surface area contributed by atoms with Crippen LogP contribution in [-0.2, 0) is 13.5 Å². The molecule has 0 saturated carbocycles. The number of aryl methyl sites for hydroxylation is 1. The number of amides is 2. The summed E-state index contributed by atoms with van der Waals surface area (Å²) in [5.74, 6) is 0. The highest BCUT2D eigenvalue weighted by molar-refractivity contribution is 5.73. The third kappa shape index (κ3) is 4.49. The van der Waals surface area contributed by atoms with Gasteiger partial charge in [0.1, 0.15) is 0 Å². The minimum atomic E-state index is -0.104. The lowest BCUT2D eigenvalue weighted by atomic mass is 10.3. The summed E-state index contributed by atoms with van der Waals surface area (Å²) in [4.78, 5) is 11.1. The van der Waals surface area contributed by atoms with E-state index in [-0.39, 0.29) is 6.03 Å². The fourth-order valence-electron chi connectivity index (χ4n) is 1.20. The molecule has 0 aromatic carbocycles. The Hall–Kier alpha value is -1.52. The van der Waals surface area contributed by atoms with Crippen LogP contribution in [-0.4, -0.2) is 28.9 Å². The molecule has 0 radical (unpaired) electrons. The summed E-state index contributed by atoms with van der Waals surface area (Å²) in [6.45, 7) is 3.36. The minimum Gasteiger partial charge on any atom is -0.338 e. The van der Waals surface area contributed by atoms with Crippen molar-refractivity contribution in [1.29, 1.82) is 0 Å². The summed E-state index contributed by atoms with van der Waals surface area (Å²) >= 11 is 0. The summed E-state index contributed by atoms with van der Waals surface area (Å²) in [5.41, 5.74) is 0.994. The lowest BCUT2D eigenvalue weighted by Crippen LogP contribution is -2.36. The van der Waals surface area contributed by atoms with Crippen molar-refractivity contribution in [2.45, 2.75) is 19.8 Å². The molecule has 15 heavy (non-hydrogen) atoms. The number of carbonyl (C=O) groups excluding carboxylic acids is 1. The Balaban J connectivity index is 2.13. The molecule has 0 saturated heterocycles. The second-order valence-electron chi connectivity index (χ2n) is 3.41. The van der Waals surface area contributed by atoms with E-state index in [1.807, 2.05) is 26.2 Å². The van der Waals surface area contributed by atoms with Crippen molar-refractivity contribution in [3.63, 3.8) is 0 Å². The van der Waals surface area contributed by atoms with Gasteiger partial charge in [0, 0.05) is 32.8 Å². The van der Waals surface area contributed by atoms with Crippen LogP contribution in [0.5, 0.6) is 0 Å². The minimum absolute atomic E-state index is 0.104. The Morgan fingerprint density at radius 3 is 2.80 bits per heavy atom. The quantitative estimate of drug-likeness (QED) is 0.750. The highest BCUT2D eigenvalue weighted by Crippen LogP contribution is 1.93. The first-order valence-electron chi connectivity index (χ1n) is 5.22. The summed E-state index contributed by atoms with van der Waals surface area (Å²) in [6.07, 6.45) is 3.61. The van der Waals surface area contributed by atoms with Gasteiger partial charge in [0.15, 0.2) is 0 Å². The lowest BCUT2D eigenvalue weighted by Gasteiger charge is -2.04. The Morgan fingerprint density at radius 1 is 1.47 bits per heavy atom. The van der Waals surface area contributed by atoms with Crippen LogP contribution in [0.3, 0.4) is 0 Å². The molecule has 2 amide bonds. The second-order valence-corrected chi connectivity index (χ2v) is 3.41. The van der Waals surface area contributed by atoms with Crippen LogP contribution in [0.1, 0.15) is 19.0 Å². The number of nitrogens with one attached hydrogen (secondary N) is 2. The van der Waals surface area contributed by atoms with Crippen LogP contribution >= 0.6 is 0 Å². The molecule has 1 heterocycles. The fraction of sp³-hybridized carbons (Fsp3) is 0.600. The molecule has 0 fully saturated rings. The van der Waals surface area contributed by atoms with Gasteiger partial charge in [-0.2, -0.15) is 5.10 Å². The summed E-state index contributed by atoms with van der Waals surface area (Å²) in [5, 5.41) is 9.74. The number of urea groups is 1. The van der Waals surface area contributed by atoms with Gasteiger partial charge in [-0.3, -0.25) is 4.68 Å². The van der Waals surface area contributed by atoms with E-state index in [4.69, 9.17) is 0 Å². The maximum atomic E-state index is 11.1. The smallest absolute Gasteiger partial charge is 0.314 e. The van der Waals surface area contributed by atoms with Crippen LogP contribution in [0, 0.1) is 0 Å². The first kappa shape index (κ1) is 11.6. The molecule has 1 rings (SSSR count). The van der Waals surface area contributed by atoms with Crippen LogP contribution in [0.15, 0.2) is 12.3 Å². The van der Waals surface area contributed by atoms with Crippen molar-refractivity contribution < 1.29 is 4.79 Å². The number of rotatable bonds is 5. The average molecular weight is 210 g/mol. The van der Waals surface area contributed by atoms with E-state index in [1.54, 1.807) is 4.68 Å². The van der Waals surface area contributed by atoms with E-state index >= 15 is 0 Å². The molecular formula is C10H18N4O. The molecule has 5 heteroatoms. The summed E-state index contributed by atoms with van der Waals surface area (Å²) in [6, 6.07) is 1.85. The maximum absolute atomic E-state index is 11.1. The summed E-state index contributed by atoms with van der Waals surface area (Å²) in [7, 11) is 1.88. The third-order valence-corrected chi connectivity index (χ3v) is 1.97. The van der Waals surface area contributed by atoms with E-state index in [9.17, 15) is 4.79 Å². The number of hydrogen-bond acceptors (Lipinski definition) is 2. The third-order valence-electron chi connectivity index (χ3n) is 1.97. The second kappa shape index (κ2) is 6.06. The zero-order valence-electron chi connectivity index (χ0n) is 9.29. The largest absolute Gasteiger partial charge is 0.338 e. The van der Waals surface area contributed by atoms with Crippen molar-refractivity contribution in [2.75, 3.05) is 13.1 Å². The Bertz CT molecular complexity index is 308. The molecular weight excluding hydrogens is 192 g/mol. The van der Waals surface area contributed by atoms with Gasteiger partial charge in [0.25, 0.3) is 0 Å². The van der Waals surface area contributed by atoms with Crippen LogP contribution in [0.2, 0.25) is 0 Å². The molecule has 0 atom stereocenters. The van der Waals surface area contributed by atoms with Crippen LogP contribution in [0.4, 0.5) is 4.79 Å². The Labute approximate surface area is 89.9 Å². The van der Waals surface area contributed by atoms with Gasteiger partial charge in [-0.05, 0) is 12.5 Å². The molecule has 0 aliphatic rings. The normalized spacial score (nSPS) is 10.0. The molecule has 0 aliphatic heterocycles. The molecule has 2 N–H and O–H groups in total. The van der Waals surface area contributed by atoms with Gasteiger partial charge < -0.3 is 10.6 Å². The predicted molar refractivity (Wildman–Crippen MR) is 58.6 cm³/mol. The molecule has 5 nitrogen and oxygen atoms in total. The van der Waals surface area contributed by atoms with Crippen molar-refractivity contribution in [1.82, 2.24) is 20.4 Å². The first-order chi connectivity index (χ1) is 7.22. The van der Waals surface area contributed by atoms with Crippen LogP contribution < -0.4 is 10.6 Å². The summed E-state index contributed by atoms with van der Waals surface area (Å²) < 4.78 is 1.76. The molecule has 84 valence electrons. The van der Waals surface area contributed by atoms with Crippen molar-refractivity contribution in [3.8, 4) is 0 Å². The topological polar surface area (TPSA) is 59.0 Å². The van der Waals surface area contributed by atoms with E-state index in [1.165, 1.54) is 0 Å². The monoisotopic (exact) mass is 210 g/mol. The molecule has 0 unspecified atom stereocenters. The molecule has 0 aliphatic carbocycles. The fourth-order valence-corrected chi connectivity index (χ4v) is 1.20. The van der Waals surface area contributed by atoms with Crippen LogP contribution in [0.25, 0.3) is 0 Å². The Morgan fingerprint density at radius 2 is 2.20 bits per heavy atom. The van der Waals surface area contributed by atoms with Crippen molar-refractivity contribution >= 4 is 6.03 Å². The zero-order chi connectivity index (χ0) is 11.1. The molecule has 1 aromatic heterocycles. The number of carbonyl (C=O) groups is 1. The number of hydrogen-bond donors (Lipinski definition) is 2. The van der Waals surface area contributed by atoms with Gasteiger partial charge in [0.05, 0.1) is 5.69 Å². The van der Waals surface area contributed by atoms with E-state index in [0.29, 0.717) is 6.54 Å². The van der Waals surface area contributed by atoms with E-state index in [2.05, 4.69) is 15.7 Å². The lowest BCUT2D eigenvalue weighted by molar-refractivity contribution is 0.241. The zero-order valence-corrected chi connectivity index (χ0v) is 9.29. The Kier molecular flexibility index (Phi) is 4.66. The first-order valence-corrected chi connectivity index (χ1v) is 5.22. The van der Waals surface area contributed by atoms with Gasteiger partial charge in [-0.15, -0.1) is 0 Å². The van der Waals surface area contributed by atoms with Gasteiger partial charge in [-0.25, -0.2) is 4.79 Å². The van der Waals surface area contributed by atoms with Gasteiger partial charge in [-0.1, -0.05) is 6.92 Å².